The van der Waals surface area contributed by atoms with Gasteiger partial charge in [-0.05, 0) is 24.3 Å². The van der Waals surface area contributed by atoms with Gasteiger partial charge in [-0.1, -0.05) is 17.3 Å². The summed E-state index contributed by atoms with van der Waals surface area (Å²) in [5, 5.41) is 20.1. The number of carboxylic acids is 1. The van der Waals surface area contributed by atoms with Crippen LogP contribution in [-0.2, 0) is 0 Å². The average molecular weight is 231 g/mol. The molecule has 2 aromatic rings. The highest BCUT2D eigenvalue weighted by atomic mass is 16.4. The van der Waals surface area contributed by atoms with Gasteiger partial charge >= 0.3 is 5.97 Å². The molecular weight excluding hydrogens is 222 g/mol. The fourth-order valence-corrected chi connectivity index (χ4v) is 1.44. The standard InChI is InChI=1S/C12H9NO4/c14-12(15)9-3-1-2-8(6-9)11-5-4-10(17-11)7-13-16/h1-7,16H,(H,14,15)/b13-7-. The van der Waals surface area contributed by atoms with Crippen LogP contribution in [-0.4, -0.2) is 22.5 Å². The van der Waals surface area contributed by atoms with Crippen LogP contribution < -0.4 is 0 Å². The summed E-state index contributed by atoms with van der Waals surface area (Å²) in [5.41, 5.74) is 0.846. The molecule has 0 aliphatic carbocycles. The molecular formula is C12H9NO4. The summed E-state index contributed by atoms with van der Waals surface area (Å²) in [7, 11) is 0. The van der Waals surface area contributed by atoms with Crippen LogP contribution in [0.1, 0.15) is 16.1 Å². The lowest BCUT2D eigenvalue weighted by Gasteiger charge is -1.98. The first kappa shape index (κ1) is 10.9. The molecule has 2 rings (SSSR count). The monoisotopic (exact) mass is 231 g/mol. The molecule has 0 spiro atoms. The third kappa shape index (κ3) is 2.34. The van der Waals surface area contributed by atoms with Crippen LogP contribution >= 0.6 is 0 Å². The van der Waals surface area contributed by atoms with Gasteiger partial charge in [0.25, 0.3) is 0 Å². The molecule has 0 saturated heterocycles. The number of hydrogen-bond acceptors (Lipinski definition) is 4. The first-order chi connectivity index (χ1) is 8.20. The molecule has 86 valence electrons. The van der Waals surface area contributed by atoms with E-state index in [2.05, 4.69) is 5.16 Å². The van der Waals surface area contributed by atoms with Crippen LogP contribution in [0.25, 0.3) is 11.3 Å². The van der Waals surface area contributed by atoms with Crippen molar-refractivity contribution in [2.24, 2.45) is 5.16 Å². The molecule has 0 aliphatic heterocycles. The maximum atomic E-state index is 10.8. The van der Waals surface area contributed by atoms with E-state index in [9.17, 15) is 4.79 Å². The predicted octanol–water partition coefficient (Wildman–Crippen LogP) is 2.45. The van der Waals surface area contributed by atoms with Crippen molar-refractivity contribution in [3.8, 4) is 11.3 Å². The molecule has 0 atom stereocenters. The van der Waals surface area contributed by atoms with Gasteiger partial charge in [-0.15, -0.1) is 0 Å². The van der Waals surface area contributed by atoms with Crippen molar-refractivity contribution in [3.63, 3.8) is 0 Å². The lowest BCUT2D eigenvalue weighted by molar-refractivity contribution is 0.0697. The van der Waals surface area contributed by atoms with E-state index in [-0.39, 0.29) is 5.56 Å². The van der Waals surface area contributed by atoms with Crippen LogP contribution in [0.3, 0.4) is 0 Å². The van der Waals surface area contributed by atoms with Crippen LogP contribution in [0.2, 0.25) is 0 Å². The summed E-state index contributed by atoms with van der Waals surface area (Å²) in [5.74, 6) is -0.0817. The van der Waals surface area contributed by atoms with Crippen molar-refractivity contribution in [1.29, 1.82) is 0 Å². The topological polar surface area (TPSA) is 83.0 Å². The van der Waals surface area contributed by atoms with E-state index in [1.54, 1.807) is 24.3 Å². The third-order valence-electron chi connectivity index (χ3n) is 2.21. The predicted molar refractivity (Wildman–Crippen MR) is 60.5 cm³/mol. The quantitative estimate of drug-likeness (QED) is 0.482. The lowest BCUT2D eigenvalue weighted by atomic mass is 10.1. The zero-order valence-corrected chi connectivity index (χ0v) is 8.70. The van der Waals surface area contributed by atoms with E-state index in [1.807, 2.05) is 0 Å². The van der Waals surface area contributed by atoms with Crippen LogP contribution in [0.4, 0.5) is 0 Å². The van der Waals surface area contributed by atoms with Gasteiger partial charge in [0, 0.05) is 5.56 Å². The minimum absolute atomic E-state index is 0.191. The number of oxime groups is 1. The normalized spacial score (nSPS) is 10.8. The lowest BCUT2D eigenvalue weighted by Crippen LogP contribution is -1.95. The fourth-order valence-electron chi connectivity index (χ4n) is 1.44. The van der Waals surface area contributed by atoms with E-state index in [0.29, 0.717) is 17.1 Å². The highest BCUT2D eigenvalue weighted by Crippen LogP contribution is 2.22. The molecule has 5 heteroatoms. The molecule has 1 heterocycles. The van der Waals surface area contributed by atoms with Gasteiger partial charge in [-0.25, -0.2) is 4.79 Å². The first-order valence-corrected chi connectivity index (χ1v) is 4.81. The Labute approximate surface area is 96.6 Å². The Balaban J connectivity index is 2.38. The second-order valence-electron chi connectivity index (χ2n) is 3.33. The molecule has 5 nitrogen and oxygen atoms in total. The molecule has 1 aromatic carbocycles. The average Bonchev–Trinajstić information content (AvgIpc) is 2.78. The van der Waals surface area contributed by atoms with E-state index < -0.39 is 5.97 Å². The number of nitrogens with zero attached hydrogens (tertiary/aromatic N) is 1. The second kappa shape index (κ2) is 4.52. The van der Waals surface area contributed by atoms with Crippen molar-refractivity contribution >= 4 is 12.2 Å². The molecule has 0 fully saturated rings. The third-order valence-corrected chi connectivity index (χ3v) is 2.21. The van der Waals surface area contributed by atoms with Crippen molar-refractivity contribution in [2.75, 3.05) is 0 Å². The number of furan rings is 1. The first-order valence-electron chi connectivity index (χ1n) is 4.81. The van der Waals surface area contributed by atoms with Gasteiger partial charge in [0.15, 0.2) is 0 Å². The SMILES string of the molecule is O=C(O)c1cccc(-c2ccc(/C=N\O)o2)c1. The van der Waals surface area contributed by atoms with Gasteiger partial charge < -0.3 is 14.7 Å². The van der Waals surface area contributed by atoms with Crippen LogP contribution in [0, 0.1) is 0 Å². The van der Waals surface area contributed by atoms with E-state index >= 15 is 0 Å². The Morgan fingerprint density at radius 1 is 1.29 bits per heavy atom. The summed E-state index contributed by atoms with van der Waals surface area (Å²) in [4.78, 5) is 10.8. The maximum Gasteiger partial charge on any atom is 0.335 e. The number of benzene rings is 1. The Morgan fingerprint density at radius 2 is 2.12 bits per heavy atom. The van der Waals surface area contributed by atoms with Crippen molar-refractivity contribution in [1.82, 2.24) is 0 Å². The van der Waals surface area contributed by atoms with Crippen molar-refractivity contribution in [3.05, 3.63) is 47.7 Å². The molecule has 0 aliphatic rings. The Kier molecular flexibility index (Phi) is 2.91. The summed E-state index contributed by atoms with van der Waals surface area (Å²) >= 11 is 0. The van der Waals surface area contributed by atoms with Crippen LogP contribution in [0.15, 0.2) is 46.0 Å². The van der Waals surface area contributed by atoms with Gasteiger partial charge in [-0.2, -0.15) is 0 Å². The van der Waals surface area contributed by atoms with E-state index in [1.165, 1.54) is 12.1 Å². The number of hydrogen-bond donors (Lipinski definition) is 2. The van der Waals surface area contributed by atoms with Crippen LogP contribution in [0.5, 0.6) is 0 Å². The second-order valence-corrected chi connectivity index (χ2v) is 3.33. The van der Waals surface area contributed by atoms with E-state index in [4.69, 9.17) is 14.7 Å². The molecule has 0 amide bonds. The number of carboxylic acid groups (broad SMARTS) is 1. The van der Waals surface area contributed by atoms with Gasteiger partial charge in [0.05, 0.1) is 5.56 Å². The van der Waals surface area contributed by atoms with Gasteiger partial charge in [0.2, 0.25) is 0 Å². The number of rotatable bonds is 3. The van der Waals surface area contributed by atoms with Gasteiger partial charge in [0.1, 0.15) is 17.7 Å². The molecule has 1 aromatic heterocycles. The van der Waals surface area contributed by atoms with Gasteiger partial charge in [-0.3, -0.25) is 0 Å². The Hall–Kier alpha value is -2.56. The summed E-state index contributed by atoms with van der Waals surface area (Å²) in [6.45, 7) is 0. The minimum atomic E-state index is -0.990. The fraction of sp³-hybridized carbons (Fsp3) is 0. The van der Waals surface area contributed by atoms with Crippen molar-refractivity contribution < 1.29 is 19.5 Å². The molecule has 0 saturated carbocycles. The summed E-state index contributed by atoms with van der Waals surface area (Å²) in [6.07, 6.45) is 1.16. The maximum absolute atomic E-state index is 10.8. The highest BCUT2D eigenvalue weighted by Gasteiger charge is 2.07. The Bertz CT molecular complexity index is 571. The number of carbonyl (C=O) groups is 1. The molecule has 17 heavy (non-hydrogen) atoms. The largest absolute Gasteiger partial charge is 0.478 e. The summed E-state index contributed by atoms with van der Waals surface area (Å²) in [6, 6.07) is 9.71. The molecule has 0 radical (unpaired) electrons. The molecule has 0 unspecified atom stereocenters. The smallest absolute Gasteiger partial charge is 0.335 e. The molecule has 0 bridgehead atoms. The van der Waals surface area contributed by atoms with E-state index in [0.717, 1.165) is 6.21 Å². The highest BCUT2D eigenvalue weighted by molar-refractivity contribution is 5.89. The zero-order valence-electron chi connectivity index (χ0n) is 8.70. The Morgan fingerprint density at radius 3 is 2.82 bits per heavy atom. The summed E-state index contributed by atoms with van der Waals surface area (Å²) < 4.78 is 5.34. The minimum Gasteiger partial charge on any atom is -0.478 e. The van der Waals surface area contributed by atoms with Crippen molar-refractivity contribution in [2.45, 2.75) is 0 Å². The number of aromatic carboxylic acids is 1. The zero-order chi connectivity index (χ0) is 12.3. The molecule has 2 N–H and O–H groups in total.